The molecule has 0 aliphatic rings. The minimum Gasteiger partial charge on any atom is -0.383 e. The van der Waals surface area contributed by atoms with Crippen molar-refractivity contribution in [3.8, 4) is 0 Å². The molecule has 0 aromatic carbocycles. The standard InChI is InChI=1S/C6H4BrClF2N2O2S/c7-4-2(5(9)10)1-3(6(11)12-4)15(8,13)14/h1,5H,(H2,11,12). The van der Waals surface area contributed by atoms with Crippen LogP contribution >= 0.6 is 26.6 Å². The van der Waals surface area contributed by atoms with E-state index in [9.17, 15) is 17.2 Å². The fourth-order valence-corrected chi connectivity index (χ4v) is 2.26. The highest BCUT2D eigenvalue weighted by molar-refractivity contribution is 9.10. The number of anilines is 1. The van der Waals surface area contributed by atoms with Crippen LogP contribution in [0.5, 0.6) is 0 Å². The van der Waals surface area contributed by atoms with Crippen molar-refractivity contribution in [3.05, 3.63) is 16.2 Å². The number of rotatable bonds is 2. The van der Waals surface area contributed by atoms with Gasteiger partial charge in [-0.3, -0.25) is 0 Å². The van der Waals surface area contributed by atoms with E-state index in [1.165, 1.54) is 0 Å². The van der Waals surface area contributed by atoms with Gasteiger partial charge >= 0.3 is 0 Å². The normalized spacial score (nSPS) is 12.1. The molecule has 0 spiro atoms. The highest BCUT2D eigenvalue weighted by Crippen LogP contribution is 2.31. The van der Waals surface area contributed by atoms with E-state index in [0.717, 1.165) is 0 Å². The van der Waals surface area contributed by atoms with Crippen LogP contribution in [0.4, 0.5) is 14.6 Å². The molecule has 0 fully saturated rings. The first-order chi connectivity index (χ1) is 6.73. The fraction of sp³-hybridized carbons (Fsp3) is 0.167. The molecule has 0 amide bonds. The highest BCUT2D eigenvalue weighted by atomic mass is 79.9. The van der Waals surface area contributed by atoms with Gasteiger partial charge in [-0.1, -0.05) is 0 Å². The second-order valence-corrected chi connectivity index (χ2v) is 5.78. The number of nitrogen functional groups attached to an aromatic ring is 1. The molecule has 0 saturated carbocycles. The van der Waals surface area contributed by atoms with Crippen LogP contribution in [-0.4, -0.2) is 13.4 Å². The van der Waals surface area contributed by atoms with E-state index in [-0.39, 0.29) is 4.60 Å². The van der Waals surface area contributed by atoms with E-state index in [2.05, 4.69) is 20.9 Å². The Kier molecular flexibility index (Phi) is 3.51. The molecule has 2 N–H and O–H groups in total. The quantitative estimate of drug-likeness (QED) is 0.670. The van der Waals surface area contributed by atoms with Crippen LogP contribution in [0.15, 0.2) is 15.6 Å². The average Bonchev–Trinajstić information content (AvgIpc) is 2.00. The Balaban J connectivity index is 3.50. The van der Waals surface area contributed by atoms with Crippen LogP contribution in [0, 0.1) is 0 Å². The molecule has 1 rings (SSSR count). The van der Waals surface area contributed by atoms with Gasteiger partial charge in [-0.15, -0.1) is 0 Å². The van der Waals surface area contributed by atoms with Gasteiger partial charge in [0.05, 0.1) is 5.56 Å². The van der Waals surface area contributed by atoms with Crippen molar-refractivity contribution in [2.75, 3.05) is 5.73 Å². The number of hydrogen-bond acceptors (Lipinski definition) is 4. The van der Waals surface area contributed by atoms with Crippen molar-refractivity contribution in [2.24, 2.45) is 0 Å². The van der Waals surface area contributed by atoms with Crippen LogP contribution in [0.3, 0.4) is 0 Å². The van der Waals surface area contributed by atoms with Gasteiger partial charge in [0.1, 0.15) is 15.3 Å². The topological polar surface area (TPSA) is 73.0 Å². The smallest absolute Gasteiger partial charge is 0.266 e. The lowest BCUT2D eigenvalue weighted by Crippen LogP contribution is -2.04. The lowest BCUT2D eigenvalue weighted by molar-refractivity contribution is 0.149. The van der Waals surface area contributed by atoms with E-state index in [1.807, 2.05) is 0 Å². The summed E-state index contributed by atoms with van der Waals surface area (Å²) in [5.41, 5.74) is 4.65. The summed E-state index contributed by atoms with van der Waals surface area (Å²) in [7, 11) is 0.809. The van der Waals surface area contributed by atoms with Crippen LogP contribution < -0.4 is 5.73 Å². The van der Waals surface area contributed by atoms with E-state index < -0.39 is 31.8 Å². The van der Waals surface area contributed by atoms with Gasteiger partial charge in [-0.05, 0) is 22.0 Å². The van der Waals surface area contributed by atoms with Gasteiger partial charge in [0.15, 0.2) is 0 Å². The van der Waals surface area contributed by atoms with Gasteiger partial charge in [-0.25, -0.2) is 22.2 Å². The molecule has 84 valence electrons. The molecule has 0 bridgehead atoms. The Morgan fingerprint density at radius 1 is 1.53 bits per heavy atom. The number of nitrogens with two attached hydrogens (primary N) is 1. The van der Waals surface area contributed by atoms with E-state index in [4.69, 9.17) is 16.4 Å². The Bertz CT molecular complexity index is 494. The zero-order valence-corrected chi connectivity index (χ0v) is 10.1. The third kappa shape index (κ3) is 2.76. The van der Waals surface area contributed by atoms with Crippen molar-refractivity contribution >= 4 is 41.5 Å². The van der Waals surface area contributed by atoms with Crippen LogP contribution in [0.25, 0.3) is 0 Å². The predicted octanol–water partition coefficient (Wildman–Crippen LogP) is 2.29. The summed E-state index contributed by atoms with van der Waals surface area (Å²) in [5.74, 6) is -0.429. The molecule has 1 aromatic heterocycles. The van der Waals surface area contributed by atoms with Crippen LogP contribution in [0.2, 0.25) is 0 Å². The van der Waals surface area contributed by atoms with Crippen molar-refractivity contribution < 1.29 is 17.2 Å². The van der Waals surface area contributed by atoms with Gasteiger partial charge in [0.2, 0.25) is 0 Å². The molecule has 0 saturated heterocycles. The lowest BCUT2D eigenvalue weighted by atomic mass is 10.3. The molecule has 1 aromatic rings. The summed E-state index contributed by atoms with van der Waals surface area (Å²) in [5, 5.41) is 0. The Labute approximate surface area is 97.0 Å². The first-order valence-corrected chi connectivity index (χ1v) is 6.52. The maximum absolute atomic E-state index is 12.4. The Morgan fingerprint density at radius 3 is 2.47 bits per heavy atom. The van der Waals surface area contributed by atoms with Crippen molar-refractivity contribution in [2.45, 2.75) is 11.3 Å². The first-order valence-electron chi connectivity index (χ1n) is 3.42. The summed E-state index contributed by atoms with van der Waals surface area (Å²) < 4.78 is 46.4. The molecular formula is C6H4BrClF2N2O2S. The van der Waals surface area contributed by atoms with Crippen LogP contribution in [0.1, 0.15) is 12.0 Å². The third-order valence-electron chi connectivity index (χ3n) is 1.49. The molecule has 1 heterocycles. The number of aromatic nitrogens is 1. The molecule has 0 aliphatic heterocycles. The minimum atomic E-state index is -4.18. The van der Waals surface area contributed by atoms with Crippen LogP contribution in [-0.2, 0) is 9.05 Å². The maximum Gasteiger partial charge on any atom is 0.266 e. The zero-order valence-electron chi connectivity index (χ0n) is 6.92. The molecule has 9 heteroatoms. The van der Waals surface area contributed by atoms with Crippen molar-refractivity contribution in [3.63, 3.8) is 0 Å². The maximum atomic E-state index is 12.4. The number of alkyl halides is 2. The Hall–Kier alpha value is -0.470. The SMILES string of the molecule is Nc1nc(Br)c(C(F)F)cc1S(=O)(=O)Cl. The number of halogens is 4. The summed E-state index contributed by atoms with van der Waals surface area (Å²) >= 11 is 2.74. The second kappa shape index (κ2) is 4.18. The first kappa shape index (κ1) is 12.6. The average molecular weight is 322 g/mol. The highest BCUT2D eigenvalue weighted by Gasteiger charge is 2.22. The van der Waals surface area contributed by atoms with Crippen molar-refractivity contribution in [1.29, 1.82) is 0 Å². The number of pyridine rings is 1. The molecular weight excluding hydrogens is 317 g/mol. The van der Waals surface area contributed by atoms with Gasteiger partial charge in [-0.2, -0.15) is 0 Å². The second-order valence-electron chi connectivity index (χ2n) is 2.49. The van der Waals surface area contributed by atoms with E-state index in [0.29, 0.717) is 6.07 Å². The molecule has 0 unspecified atom stereocenters. The third-order valence-corrected chi connectivity index (χ3v) is 3.48. The van der Waals surface area contributed by atoms with Gasteiger partial charge in [0.25, 0.3) is 15.5 Å². The van der Waals surface area contributed by atoms with Gasteiger partial charge in [0, 0.05) is 10.7 Å². The Morgan fingerprint density at radius 2 is 2.07 bits per heavy atom. The summed E-state index contributed by atoms with van der Waals surface area (Å²) in [6.07, 6.45) is -2.87. The molecule has 15 heavy (non-hydrogen) atoms. The predicted molar refractivity (Wildman–Crippen MR) is 54.3 cm³/mol. The van der Waals surface area contributed by atoms with Gasteiger partial charge < -0.3 is 5.73 Å². The largest absolute Gasteiger partial charge is 0.383 e. The molecule has 0 atom stereocenters. The number of hydrogen-bond donors (Lipinski definition) is 1. The zero-order chi connectivity index (χ0) is 11.8. The minimum absolute atomic E-state index is 0.209. The van der Waals surface area contributed by atoms with E-state index >= 15 is 0 Å². The molecule has 0 aliphatic carbocycles. The summed E-state index contributed by atoms with van der Waals surface area (Å²) in [6.45, 7) is 0. The monoisotopic (exact) mass is 320 g/mol. The summed E-state index contributed by atoms with van der Waals surface area (Å²) in [6, 6.07) is 0.694. The molecule has 4 nitrogen and oxygen atoms in total. The van der Waals surface area contributed by atoms with E-state index in [1.54, 1.807) is 0 Å². The fourth-order valence-electron chi connectivity index (χ4n) is 0.848. The number of nitrogens with zero attached hydrogens (tertiary/aromatic N) is 1. The van der Waals surface area contributed by atoms with Crippen molar-refractivity contribution in [1.82, 2.24) is 4.98 Å². The lowest BCUT2D eigenvalue weighted by Gasteiger charge is -2.06. The molecule has 0 radical (unpaired) electrons. The summed E-state index contributed by atoms with van der Waals surface area (Å²) in [4.78, 5) is 2.79.